The highest BCUT2D eigenvalue weighted by Crippen LogP contribution is 2.34. The van der Waals surface area contributed by atoms with Gasteiger partial charge in [0.25, 0.3) is 0 Å². The fourth-order valence-electron chi connectivity index (χ4n) is 1.46. The van der Waals surface area contributed by atoms with E-state index in [0.29, 0.717) is 4.47 Å². The third-order valence-corrected chi connectivity index (χ3v) is 2.71. The number of hydrogen-bond donors (Lipinski definition) is 1. The van der Waals surface area contributed by atoms with E-state index in [4.69, 9.17) is 5.11 Å². The van der Waals surface area contributed by atoms with E-state index in [1.807, 2.05) is 0 Å². The van der Waals surface area contributed by atoms with E-state index in [1.165, 1.54) is 12.1 Å². The Labute approximate surface area is 105 Å². The van der Waals surface area contributed by atoms with Crippen LogP contribution in [0.4, 0.5) is 13.2 Å². The molecule has 0 fully saturated rings. The summed E-state index contributed by atoms with van der Waals surface area (Å²) in [5.41, 5.74) is -0.584. The molecule has 0 aliphatic heterocycles. The molecule has 0 aromatic heterocycles. The average molecular weight is 311 g/mol. The largest absolute Gasteiger partial charge is 0.481 e. The molecule has 6 heteroatoms. The second kappa shape index (κ2) is 5.53. The Morgan fingerprint density at radius 3 is 2.53 bits per heavy atom. The zero-order valence-corrected chi connectivity index (χ0v) is 10.3. The van der Waals surface area contributed by atoms with Crippen molar-refractivity contribution in [1.82, 2.24) is 0 Å². The standard InChI is InChI=1S/C11H10BrF3O2/c12-8-5-4-7(2-1-3-10(16)17)9(6-8)11(13,14)15/h4-6H,1-3H2,(H,16,17). The van der Waals surface area contributed by atoms with E-state index in [9.17, 15) is 18.0 Å². The Bertz CT molecular complexity index is 416. The van der Waals surface area contributed by atoms with Gasteiger partial charge < -0.3 is 5.11 Å². The van der Waals surface area contributed by atoms with Gasteiger partial charge >= 0.3 is 12.1 Å². The summed E-state index contributed by atoms with van der Waals surface area (Å²) in [6, 6.07) is 3.90. The predicted molar refractivity (Wildman–Crippen MR) is 59.7 cm³/mol. The first kappa shape index (κ1) is 14.0. The monoisotopic (exact) mass is 310 g/mol. The highest BCUT2D eigenvalue weighted by molar-refractivity contribution is 9.10. The molecule has 0 aliphatic carbocycles. The van der Waals surface area contributed by atoms with Gasteiger partial charge in [-0.05, 0) is 30.5 Å². The molecule has 94 valence electrons. The maximum atomic E-state index is 12.7. The van der Waals surface area contributed by atoms with Gasteiger partial charge in [0.1, 0.15) is 0 Å². The molecule has 1 rings (SSSR count). The number of rotatable bonds is 4. The quantitative estimate of drug-likeness (QED) is 0.916. The van der Waals surface area contributed by atoms with Crippen molar-refractivity contribution in [2.24, 2.45) is 0 Å². The van der Waals surface area contributed by atoms with Crippen LogP contribution in [0.2, 0.25) is 0 Å². The van der Waals surface area contributed by atoms with Crippen LogP contribution < -0.4 is 0 Å². The molecular weight excluding hydrogens is 301 g/mol. The molecule has 1 aromatic rings. The summed E-state index contributed by atoms with van der Waals surface area (Å²) in [5.74, 6) is -1.00. The number of aryl methyl sites for hydroxylation is 1. The first-order valence-electron chi connectivity index (χ1n) is 4.88. The second-order valence-corrected chi connectivity index (χ2v) is 4.46. The smallest absolute Gasteiger partial charge is 0.416 e. The van der Waals surface area contributed by atoms with Crippen molar-refractivity contribution < 1.29 is 23.1 Å². The summed E-state index contributed by atoms with van der Waals surface area (Å²) in [4.78, 5) is 10.3. The summed E-state index contributed by atoms with van der Waals surface area (Å²) in [6.07, 6.45) is -4.25. The molecule has 0 heterocycles. The number of carboxylic acids is 1. The van der Waals surface area contributed by atoms with Crippen LogP contribution in [0.3, 0.4) is 0 Å². The summed E-state index contributed by atoms with van der Waals surface area (Å²) in [7, 11) is 0. The molecule has 0 unspecified atom stereocenters. The highest BCUT2D eigenvalue weighted by atomic mass is 79.9. The topological polar surface area (TPSA) is 37.3 Å². The van der Waals surface area contributed by atoms with E-state index in [0.717, 1.165) is 6.07 Å². The lowest BCUT2D eigenvalue weighted by Crippen LogP contribution is -2.09. The third-order valence-electron chi connectivity index (χ3n) is 2.21. The van der Waals surface area contributed by atoms with Crippen LogP contribution in [0.15, 0.2) is 22.7 Å². The number of hydrogen-bond acceptors (Lipinski definition) is 1. The van der Waals surface area contributed by atoms with Crippen molar-refractivity contribution in [3.63, 3.8) is 0 Å². The van der Waals surface area contributed by atoms with Gasteiger partial charge in [-0.3, -0.25) is 4.79 Å². The minimum Gasteiger partial charge on any atom is -0.481 e. The Hall–Kier alpha value is -1.04. The molecule has 0 saturated carbocycles. The van der Waals surface area contributed by atoms with Gasteiger partial charge in [-0.25, -0.2) is 0 Å². The molecule has 1 aromatic carbocycles. The van der Waals surface area contributed by atoms with Crippen LogP contribution >= 0.6 is 15.9 Å². The molecule has 0 aliphatic rings. The van der Waals surface area contributed by atoms with Crippen LogP contribution in [0.5, 0.6) is 0 Å². The van der Waals surface area contributed by atoms with Gasteiger partial charge in [0.2, 0.25) is 0 Å². The van der Waals surface area contributed by atoms with Gasteiger partial charge in [-0.15, -0.1) is 0 Å². The van der Waals surface area contributed by atoms with E-state index in [-0.39, 0.29) is 24.8 Å². The number of carbonyl (C=O) groups is 1. The van der Waals surface area contributed by atoms with Crippen molar-refractivity contribution in [3.8, 4) is 0 Å². The zero-order chi connectivity index (χ0) is 13.1. The first-order chi connectivity index (χ1) is 7.80. The third kappa shape index (κ3) is 4.38. The molecule has 17 heavy (non-hydrogen) atoms. The maximum absolute atomic E-state index is 12.7. The summed E-state index contributed by atoms with van der Waals surface area (Å²) < 4.78 is 38.4. The fraction of sp³-hybridized carbons (Fsp3) is 0.364. The van der Waals surface area contributed by atoms with Gasteiger partial charge in [0.05, 0.1) is 5.56 Å². The summed E-state index contributed by atoms with van der Waals surface area (Å²) in [6.45, 7) is 0. The minimum absolute atomic E-state index is 0.106. The van der Waals surface area contributed by atoms with Gasteiger partial charge in [-0.1, -0.05) is 22.0 Å². The number of halogens is 4. The van der Waals surface area contributed by atoms with Crippen molar-refractivity contribution in [3.05, 3.63) is 33.8 Å². The Morgan fingerprint density at radius 2 is 2.00 bits per heavy atom. The van der Waals surface area contributed by atoms with E-state index in [1.54, 1.807) is 0 Å². The lowest BCUT2D eigenvalue weighted by atomic mass is 10.0. The molecule has 0 amide bonds. The van der Waals surface area contributed by atoms with E-state index < -0.39 is 17.7 Å². The lowest BCUT2D eigenvalue weighted by molar-refractivity contribution is -0.138. The van der Waals surface area contributed by atoms with Crippen molar-refractivity contribution in [2.45, 2.75) is 25.4 Å². The van der Waals surface area contributed by atoms with Crippen molar-refractivity contribution in [2.75, 3.05) is 0 Å². The lowest BCUT2D eigenvalue weighted by Gasteiger charge is -2.12. The van der Waals surface area contributed by atoms with E-state index in [2.05, 4.69) is 15.9 Å². The number of benzene rings is 1. The molecule has 0 atom stereocenters. The van der Waals surface area contributed by atoms with Crippen molar-refractivity contribution >= 4 is 21.9 Å². The van der Waals surface area contributed by atoms with Crippen LogP contribution in [-0.4, -0.2) is 11.1 Å². The molecule has 0 radical (unpaired) electrons. The molecule has 1 N–H and O–H groups in total. The number of aliphatic carboxylic acids is 1. The van der Waals surface area contributed by atoms with Crippen LogP contribution in [-0.2, 0) is 17.4 Å². The van der Waals surface area contributed by atoms with E-state index >= 15 is 0 Å². The van der Waals surface area contributed by atoms with Crippen LogP contribution in [0.25, 0.3) is 0 Å². The summed E-state index contributed by atoms with van der Waals surface area (Å²) in [5, 5.41) is 8.44. The van der Waals surface area contributed by atoms with Crippen molar-refractivity contribution in [1.29, 1.82) is 0 Å². The summed E-state index contributed by atoms with van der Waals surface area (Å²) >= 11 is 2.99. The van der Waals surface area contributed by atoms with Gasteiger partial charge in [0.15, 0.2) is 0 Å². The predicted octanol–water partition coefficient (Wildman–Crippen LogP) is 3.88. The Balaban J connectivity index is 2.87. The normalized spacial score (nSPS) is 11.5. The fourth-order valence-corrected chi connectivity index (χ4v) is 1.82. The average Bonchev–Trinajstić information content (AvgIpc) is 2.18. The molecule has 0 saturated heterocycles. The Morgan fingerprint density at radius 1 is 1.35 bits per heavy atom. The van der Waals surface area contributed by atoms with Gasteiger partial charge in [-0.2, -0.15) is 13.2 Å². The highest BCUT2D eigenvalue weighted by Gasteiger charge is 2.33. The molecule has 2 nitrogen and oxygen atoms in total. The van der Waals surface area contributed by atoms with Crippen LogP contribution in [0.1, 0.15) is 24.0 Å². The zero-order valence-electron chi connectivity index (χ0n) is 8.72. The first-order valence-corrected chi connectivity index (χ1v) is 5.67. The number of alkyl halides is 3. The van der Waals surface area contributed by atoms with Crippen LogP contribution in [0, 0.1) is 0 Å². The molecule has 0 bridgehead atoms. The minimum atomic E-state index is -4.41. The Kier molecular flexibility index (Phi) is 4.56. The van der Waals surface area contributed by atoms with Gasteiger partial charge in [0, 0.05) is 10.9 Å². The SMILES string of the molecule is O=C(O)CCCc1ccc(Br)cc1C(F)(F)F. The molecule has 0 spiro atoms. The maximum Gasteiger partial charge on any atom is 0.416 e. The molecular formula is C11H10BrF3O2. The second-order valence-electron chi connectivity index (χ2n) is 3.55. The number of carboxylic acid groups (broad SMARTS) is 1.